The standard InChI is InChI=1S/C94H98BNO/c1-88(2,3)68-35-27-57(28-36-68)62-47-63(58-29-37-69(38-30-58)89(4,5)6)50-66(49-62)82-81(61-25-23-22-24-26-61)83(67-51-64(59-31-39-70(40-32-59)90(7,8)9)48-65(52-67)60-33-41-71(42-34-60)91(10,11)12)87-84-86(82)96-79-45-43-72(92(13,14)15)53-75(79)76-54-74(94(19,20)21)56-78(85(76)96)95(84)77-55-73(93(16,17)18)44-46-80(77)97-87/h22-56H,1-21H3. The van der Waals surface area contributed by atoms with Crippen molar-refractivity contribution >= 4 is 44.9 Å². The molecule has 11 aromatic carbocycles. The maximum absolute atomic E-state index is 8.14. The van der Waals surface area contributed by atoms with Crippen LogP contribution in [0.5, 0.6) is 11.5 Å². The quantitative estimate of drug-likeness (QED) is 0.145. The van der Waals surface area contributed by atoms with Crippen LogP contribution in [-0.4, -0.2) is 11.3 Å². The van der Waals surface area contributed by atoms with E-state index in [1.165, 1.54) is 105 Å². The highest BCUT2D eigenvalue weighted by Gasteiger charge is 2.46. The molecule has 0 amide bonds. The third-order valence-electron chi connectivity index (χ3n) is 21.2. The van der Waals surface area contributed by atoms with Crippen LogP contribution in [0.1, 0.15) is 184 Å². The second-order valence-corrected chi connectivity index (χ2v) is 35.6. The molecule has 0 atom stereocenters. The number of fused-ring (bicyclic) bond motifs is 7. The minimum Gasteiger partial charge on any atom is -0.458 e. The molecule has 97 heavy (non-hydrogen) atoms. The van der Waals surface area contributed by atoms with Crippen LogP contribution in [0.25, 0.3) is 105 Å². The Morgan fingerprint density at radius 3 is 1.03 bits per heavy atom. The lowest BCUT2D eigenvalue weighted by Gasteiger charge is -2.38. The largest absolute Gasteiger partial charge is 0.458 e. The molecule has 0 fully saturated rings. The summed E-state index contributed by atoms with van der Waals surface area (Å²) >= 11 is 0. The van der Waals surface area contributed by atoms with Crippen LogP contribution in [0, 0.1) is 0 Å². The third-order valence-corrected chi connectivity index (χ3v) is 21.2. The smallest absolute Gasteiger partial charge is 0.256 e. The highest BCUT2D eigenvalue weighted by atomic mass is 16.5. The van der Waals surface area contributed by atoms with Gasteiger partial charge in [-0.2, -0.15) is 0 Å². The topological polar surface area (TPSA) is 14.2 Å². The van der Waals surface area contributed by atoms with Gasteiger partial charge >= 0.3 is 0 Å². The van der Waals surface area contributed by atoms with Crippen LogP contribution in [-0.2, 0) is 37.9 Å². The molecule has 14 rings (SSSR count). The molecule has 3 heterocycles. The predicted molar refractivity (Wildman–Crippen MR) is 421 cm³/mol. The van der Waals surface area contributed by atoms with Crippen LogP contribution < -0.4 is 21.1 Å². The zero-order valence-electron chi connectivity index (χ0n) is 61.6. The SMILES string of the molecule is CC(C)(C)c1ccc(-c2cc(-c3ccc(C(C)(C)C)cc3)cc(-c3c4c5c(c(-c6cc(-c7ccc(C(C)(C)C)cc7)cc(-c7ccc(C(C)(C)C)cc7)c6)c3-c3ccccc3)-n3c6ccc(C(C)(C)C)cc6c6cc(C(C)(C)C)cc(c63)B5c3cc(C(C)(C)C)ccc3O4)c2)cc1. The number of hydrogen-bond donors (Lipinski definition) is 0. The van der Waals surface area contributed by atoms with E-state index in [2.05, 4.69) is 362 Å². The summed E-state index contributed by atoms with van der Waals surface area (Å²) in [7, 11) is 0. The van der Waals surface area contributed by atoms with Gasteiger partial charge in [-0.25, -0.2) is 0 Å². The molecule has 0 bridgehead atoms. The Balaban J connectivity index is 1.23. The second kappa shape index (κ2) is 22.8. The molecule has 0 radical (unpaired) electrons. The summed E-state index contributed by atoms with van der Waals surface area (Å²) in [5.74, 6) is 1.79. The second-order valence-electron chi connectivity index (χ2n) is 35.6. The van der Waals surface area contributed by atoms with E-state index in [-0.39, 0.29) is 44.6 Å². The van der Waals surface area contributed by atoms with E-state index < -0.39 is 0 Å². The molecule has 12 aromatic rings. The normalized spacial score (nSPS) is 13.5. The van der Waals surface area contributed by atoms with Gasteiger partial charge in [0.15, 0.2) is 0 Å². The van der Waals surface area contributed by atoms with Crippen molar-refractivity contribution in [3.05, 3.63) is 251 Å². The number of benzene rings is 11. The predicted octanol–water partition coefficient (Wildman–Crippen LogP) is 24.5. The van der Waals surface area contributed by atoms with Crippen LogP contribution in [0.15, 0.2) is 212 Å². The Hall–Kier alpha value is -8.92. The van der Waals surface area contributed by atoms with Gasteiger partial charge in [-0.05, 0) is 215 Å². The fourth-order valence-electron chi connectivity index (χ4n) is 15.1. The number of ether oxygens (including phenoxy) is 1. The number of hydrogen-bond acceptors (Lipinski definition) is 1. The lowest BCUT2D eigenvalue weighted by molar-refractivity contribution is 0.488. The van der Waals surface area contributed by atoms with Gasteiger partial charge in [0, 0.05) is 33.0 Å². The zero-order chi connectivity index (χ0) is 69.0. The van der Waals surface area contributed by atoms with Gasteiger partial charge in [-0.15, -0.1) is 0 Å². The van der Waals surface area contributed by atoms with Crippen LogP contribution in [0.4, 0.5) is 0 Å². The van der Waals surface area contributed by atoms with E-state index in [1.54, 1.807) is 0 Å². The summed E-state index contributed by atoms with van der Waals surface area (Å²) in [5.41, 5.74) is 32.1. The molecule has 2 aliphatic heterocycles. The number of aromatic nitrogens is 1. The molecule has 2 nitrogen and oxygen atoms in total. The molecule has 0 spiro atoms. The lowest BCUT2D eigenvalue weighted by atomic mass is 9.33. The number of nitrogens with zero attached hydrogens (tertiary/aromatic N) is 1. The summed E-state index contributed by atoms with van der Waals surface area (Å²) in [4.78, 5) is 0. The molecule has 488 valence electrons. The fourth-order valence-corrected chi connectivity index (χ4v) is 15.1. The van der Waals surface area contributed by atoms with Crippen LogP contribution in [0.2, 0.25) is 0 Å². The molecular weight excluding hydrogens is 1170 g/mol. The van der Waals surface area contributed by atoms with E-state index in [0.717, 1.165) is 67.3 Å². The van der Waals surface area contributed by atoms with E-state index >= 15 is 0 Å². The van der Waals surface area contributed by atoms with Gasteiger partial charge in [0.25, 0.3) is 6.71 Å². The van der Waals surface area contributed by atoms with Gasteiger partial charge in [-0.3, -0.25) is 0 Å². The van der Waals surface area contributed by atoms with Crippen molar-refractivity contribution in [3.63, 3.8) is 0 Å². The molecule has 1 aromatic heterocycles. The fraction of sp³-hybridized carbons (Fsp3) is 0.298. The first-order chi connectivity index (χ1) is 45.5. The maximum Gasteiger partial charge on any atom is 0.256 e. The van der Waals surface area contributed by atoms with Gasteiger partial charge in [0.05, 0.1) is 11.2 Å². The van der Waals surface area contributed by atoms with Crippen molar-refractivity contribution in [2.24, 2.45) is 0 Å². The molecule has 0 saturated carbocycles. The first kappa shape index (κ1) is 65.4. The van der Waals surface area contributed by atoms with Crippen molar-refractivity contribution in [2.75, 3.05) is 0 Å². The molecule has 0 N–H and O–H groups in total. The first-order valence-corrected chi connectivity index (χ1v) is 35.5. The molecular formula is C94H98BNO. The monoisotopic (exact) mass is 1270 g/mol. The maximum atomic E-state index is 8.14. The minimum atomic E-state index is -0.225. The average Bonchev–Trinajstić information content (AvgIpc) is 1.64. The highest BCUT2D eigenvalue weighted by molar-refractivity contribution is 6.99. The highest BCUT2D eigenvalue weighted by Crippen LogP contribution is 2.55. The average molecular weight is 1270 g/mol. The number of rotatable bonds is 7. The summed E-state index contributed by atoms with van der Waals surface area (Å²) in [5, 5.41) is 2.55. The van der Waals surface area contributed by atoms with Crippen LogP contribution >= 0.6 is 0 Å². The minimum absolute atomic E-state index is 0.00831. The van der Waals surface area contributed by atoms with Crippen molar-refractivity contribution in [1.82, 2.24) is 4.57 Å². The molecule has 0 saturated heterocycles. The lowest BCUT2D eigenvalue weighted by Crippen LogP contribution is -2.59. The molecule has 3 heteroatoms. The van der Waals surface area contributed by atoms with Crippen molar-refractivity contribution in [3.8, 4) is 95.1 Å². The molecule has 0 aliphatic carbocycles. The van der Waals surface area contributed by atoms with Crippen molar-refractivity contribution in [1.29, 1.82) is 0 Å². The van der Waals surface area contributed by atoms with E-state index in [1.807, 2.05) is 0 Å². The summed E-state index contributed by atoms with van der Waals surface area (Å²) in [6.45, 7) is 48.7. The Morgan fingerprint density at radius 1 is 0.268 bits per heavy atom. The van der Waals surface area contributed by atoms with Gasteiger partial charge in [0.2, 0.25) is 0 Å². The van der Waals surface area contributed by atoms with Crippen molar-refractivity contribution < 1.29 is 4.74 Å². The van der Waals surface area contributed by atoms with Gasteiger partial charge < -0.3 is 9.30 Å². The Labute approximate surface area is 580 Å². The zero-order valence-corrected chi connectivity index (χ0v) is 61.6. The Morgan fingerprint density at radius 2 is 0.619 bits per heavy atom. The van der Waals surface area contributed by atoms with E-state index in [9.17, 15) is 0 Å². The first-order valence-electron chi connectivity index (χ1n) is 35.5. The Bertz CT molecular complexity index is 4930. The van der Waals surface area contributed by atoms with Crippen molar-refractivity contribution in [2.45, 2.75) is 183 Å². The van der Waals surface area contributed by atoms with E-state index in [4.69, 9.17) is 4.74 Å². The van der Waals surface area contributed by atoms with Crippen LogP contribution in [0.3, 0.4) is 0 Å². The summed E-state index contributed by atoms with van der Waals surface area (Å²) in [6.07, 6.45) is 0. The third kappa shape index (κ3) is 11.8. The van der Waals surface area contributed by atoms with Gasteiger partial charge in [0.1, 0.15) is 11.5 Å². The summed E-state index contributed by atoms with van der Waals surface area (Å²) < 4.78 is 10.8. The van der Waals surface area contributed by atoms with Gasteiger partial charge in [-0.1, -0.05) is 297 Å². The Kier molecular flexibility index (Phi) is 15.4. The molecule has 2 aliphatic rings. The van der Waals surface area contributed by atoms with E-state index in [0.29, 0.717) is 0 Å². The molecule has 0 unspecified atom stereocenters. The summed E-state index contributed by atoms with van der Waals surface area (Å²) in [6, 6.07) is 83.3.